The molecule has 0 bridgehead atoms. The Morgan fingerprint density at radius 3 is 2.78 bits per heavy atom. The summed E-state index contributed by atoms with van der Waals surface area (Å²) < 4.78 is 7.34. The average Bonchev–Trinajstić information content (AvgIpc) is 2.73. The van der Waals surface area contributed by atoms with Gasteiger partial charge in [-0.2, -0.15) is 0 Å². The quantitative estimate of drug-likeness (QED) is 0.869. The molecule has 0 aliphatic heterocycles. The maximum atomic E-state index is 5.75. The Kier molecular flexibility index (Phi) is 3.76. The topological polar surface area (TPSA) is 64.9 Å². The van der Waals surface area contributed by atoms with Crippen molar-refractivity contribution in [3.8, 4) is 5.75 Å². The number of para-hydroxylation sites is 1. The zero-order valence-electron chi connectivity index (χ0n) is 10.8. The van der Waals surface area contributed by atoms with E-state index in [4.69, 9.17) is 4.74 Å². The van der Waals surface area contributed by atoms with Crippen LogP contribution in [0.4, 0.5) is 5.95 Å². The Bertz CT molecular complexity index is 509. The highest BCUT2D eigenvalue weighted by Crippen LogP contribution is 2.20. The molecule has 18 heavy (non-hydrogen) atoms. The normalized spacial score (nSPS) is 10.7. The van der Waals surface area contributed by atoms with E-state index in [1.165, 1.54) is 0 Å². The predicted molar refractivity (Wildman–Crippen MR) is 68.3 cm³/mol. The summed E-state index contributed by atoms with van der Waals surface area (Å²) >= 11 is 0. The molecule has 1 aromatic carbocycles. The number of anilines is 1. The van der Waals surface area contributed by atoms with E-state index >= 15 is 0 Å². The Labute approximate surface area is 106 Å². The fourth-order valence-electron chi connectivity index (χ4n) is 1.57. The number of aromatic nitrogens is 4. The smallest absolute Gasteiger partial charge is 0.242 e. The van der Waals surface area contributed by atoms with Crippen LogP contribution in [0.15, 0.2) is 24.3 Å². The lowest BCUT2D eigenvalue weighted by Crippen LogP contribution is -2.10. The summed E-state index contributed by atoms with van der Waals surface area (Å²) in [5.74, 6) is 1.52. The highest BCUT2D eigenvalue weighted by molar-refractivity contribution is 5.36. The number of tetrazole rings is 1. The minimum absolute atomic E-state index is 0.155. The van der Waals surface area contributed by atoms with Crippen molar-refractivity contribution in [2.75, 3.05) is 5.32 Å². The van der Waals surface area contributed by atoms with Crippen molar-refractivity contribution in [3.05, 3.63) is 29.8 Å². The molecule has 1 aromatic heterocycles. The lowest BCUT2D eigenvalue weighted by atomic mass is 10.2. The second kappa shape index (κ2) is 5.48. The standard InChI is InChI=1S/C12H17N5O/c1-9(2)18-11-7-5-4-6-10(11)8-13-12-14-15-16-17(12)3/h4-7,9H,8H2,1-3H3,(H,13,14,16). The van der Waals surface area contributed by atoms with Crippen LogP contribution in [-0.4, -0.2) is 26.3 Å². The Morgan fingerprint density at radius 2 is 2.11 bits per heavy atom. The third-order valence-corrected chi connectivity index (χ3v) is 2.39. The summed E-state index contributed by atoms with van der Waals surface area (Å²) in [5.41, 5.74) is 1.08. The van der Waals surface area contributed by atoms with Crippen molar-refractivity contribution < 1.29 is 4.74 Å². The van der Waals surface area contributed by atoms with Gasteiger partial charge in [0.25, 0.3) is 0 Å². The number of hydrogen-bond donors (Lipinski definition) is 1. The number of hydrogen-bond acceptors (Lipinski definition) is 5. The average molecular weight is 247 g/mol. The van der Waals surface area contributed by atoms with Crippen LogP contribution in [0.3, 0.4) is 0 Å². The molecule has 0 atom stereocenters. The van der Waals surface area contributed by atoms with Gasteiger partial charge in [0.1, 0.15) is 5.75 Å². The van der Waals surface area contributed by atoms with E-state index in [-0.39, 0.29) is 6.10 Å². The molecule has 2 rings (SSSR count). The van der Waals surface area contributed by atoms with E-state index in [2.05, 4.69) is 20.8 Å². The Balaban J connectivity index is 2.07. The second-order valence-electron chi connectivity index (χ2n) is 4.25. The number of rotatable bonds is 5. The van der Waals surface area contributed by atoms with Crippen LogP contribution in [0.5, 0.6) is 5.75 Å². The van der Waals surface area contributed by atoms with Crippen molar-refractivity contribution in [2.24, 2.45) is 7.05 Å². The first kappa shape index (κ1) is 12.3. The lowest BCUT2D eigenvalue weighted by Gasteiger charge is -2.14. The van der Waals surface area contributed by atoms with Crippen molar-refractivity contribution >= 4 is 5.95 Å². The summed E-state index contributed by atoms with van der Waals surface area (Å²) in [4.78, 5) is 0. The maximum Gasteiger partial charge on any atom is 0.242 e. The first-order valence-corrected chi connectivity index (χ1v) is 5.87. The number of aryl methyl sites for hydroxylation is 1. The number of nitrogens with one attached hydrogen (secondary N) is 1. The highest BCUT2D eigenvalue weighted by Gasteiger charge is 2.06. The fraction of sp³-hybridized carbons (Fsp3) is 0.417. The van der Waals surface area contributed by atoms with E-state index < -0.39 is 0 Å². The zero-order valence-corrected chi connectivity index (χ0v) is 10.8. The second-order valence-corrected chi connectivity index (χ2v) is 4.25. The van der Waals surface area contributed by atoms with Gasteiger partial charge >= 0.3 is 0 Å². The van der Waals surface area contributed by atoms with Crippen LogP contribution < -0.4 is 10.1 Å². The molecule has 0 fully saturated rings. The van der Waals surface area contributed by atoms with E-state index in [9.17, 15) is 0 Å². The summed E-state index contributed by atoms with van der Waals surface area (Å²) in [6.07, 6.45) is 0.155. The molecular weight excluding hydrogens is 230 g/mol. The summed E-state index contributed by atoms with van der Waals surface area (Å²) in [6, 6.07) is 7.94. The molecule has 0 saturated carbocycles. The van der Waals surface area contributed by atoms with Gasteiger partial charge in [0.05, 0.1) is 6.10 Å². The molecule has 0 amide bonds. The first-order valence-electron chi connectivity index (χ1n) is 5.87. The molecule has 0 radical (unpaired) electrons. The van der Waals surface area contributed by atoms with Gasteiger partial charge in [0.2, 0.25) is 5.95 Å². The molecule has 6 nitrogen and oxygen atoms in total. The number of benzene rings is 1. The SMILES string of the molecule is CC(C)Oc1ccccc1CNc1nnnn1C. The molecule has 0 saturated heterocycles. The molecule has 0 aliphatic rings. The highest BCUT2D eigenvalue weighted by atomic mass is 16.5. The molecule has 1 heterocycles. The van der Waals surface area contributed by atoms with E-state index in [1.54, 1.807) is 11.7 Å². The summed E-state index contributed by atoms with van der Waals surface area (Å²) in [5, 5.41) is 14.4. The Hall–Kier alpha value is -2.11. The van der Waals surface area contributed by atoms with Crippen LogP contribution in [0, 0.1) is 0 Å². The first-order chi connectivity index (χ1) is 8.66. The Morgan fingerprint density at radius 1 is 1.33 bits per heavy atom. The molecule has 96 valence electrons. The van der Waals surface area contributed by atoms with Crippen molar-refractivity contribution in [3.63, 3.8) is 0 Å². The molecule has 0 unspecified atom stereocenters. The minimum atomic E-state index is 0.155. The molecule has 1 N–H and O–H groups in total. The van der Waals surface area contributed by atoms with Crippen LogP contribution in [-0.2, 0) is 13.6 Å². The van der Waals surface area contributed by atoms with E-state index in [0.29, 0.717) is 12.5 Å². The van der Waals surface area contributed by atoms with Gasteiger partial charge in [-0.1, -0.05) is 23.3 Å². The zero-order chi connectivity index (χ0) is 13.0. The van der Waals surface area contributed by atoms with Crippen LogP contribution in [0.1, 0.15) is 19.4 Å². The molecule has 0 spiro atoms. The van der Waals surface area contributed by atoms with Crippen molar-refractivity contribution in [1.82, 2.24) is 20.2 Å². The van der Waals surface area contributed by atoms with Gasteiger partial charge in [-0.15, -0.1) is 0 Å². The summed E-state index contributed by atoms with van der Waals surface area (Å²) in [6.45, 7) is 4.64. The molecule has 6 heteroatoms. The minimum Gasteiger partial charge on any atom is -0.491 e. The molecular formula is C12H17N5O. The van der Waals surface area contributed by atoms with E-state index in [0.717, 1.165) is 11.3 Å². The molecule has 2 aromatic rings. The van der Waals surface area contributed by atoms with Gasteiger partial charge in [-0.25, -0.2) is 4.68 Å². The third-order valence-electron chi connectivity index (χ3n) is 2.39. The third kappa shape index (κ3) is 2.97. The number of nitrogens with zero attached hydrogens (tertiary/aromatic N) is 4. The maximum absolute atomic E-state index is 5.75. The fourth-order valence-corrected chi connectivity index (χ4v) is 1.57. The lowest BCUT2D eigenvalue weighted by molar-refractivity contribution is 0.240. The molecule has 0 aliphatic carbocycles. The number of ether oxygens (including phenoxy) is 1. The van der Waals surface area contributed by atoms with Crippen molar-refractivity contribution in [2.45, 2.75) is 26.5 Å². The largest absolute Gasteiger partial charge is 0.491 e. The van der Waals surface area contributed by atoms with Gasteiger partial charge in [-0.3, -0.25) is 0 Å². The predicted octanol–water partition coefficient (Wildman–Crippen LogP) is 1.61. The monoisotopic (exact) mass is 247 g/mol. The van der Waals surface area contributed by atoms with Gasteiger partial charge < -0.3 is 10.1 Å². The summed E-state index contributed by atoms with van der Waals surface area (Å²) in [7, 11) is 1.79. The van der Waals surface area contributed by atoms with Crippen LogP contribution in [0.2, 0.25) is 0 Å². The van der Waals surface area contributed by atoms with Crippen LogP contribution in [0.25, 0.3) is 0 Å². The van der Waals surface area contributed by atoms with Crippen molar-refractivity contribution in [1.29, 1.82) is 0 Å². The van der Waals surface area contributed by atoms with Gasteiger partial charge in [0, 0.05) is 19.2 Å². The van der Waals surface area contributed by atoms with Gasteiger partial charge in [0.15, 0.2) is 0 Å². The van der Waals surface area contributed by atoms with E-state index in [1.807, 2.05) is 38.1 Å². The van der Waals surface area contributed by atoms with Gasteiger partial charge in [-0.05, 0) is 30.3 Å². The van der Waals surface area contributed by atoms with Crippen LogP contribution >= 0.6 is 0 Å².